The predicted octanol–water partition coefficient (Wildman–Crippen LogP) is -0.181. The highest BCUT2D eigenvalue weighted by molar-refractivity contribution is 5.75. The van der Waals surface area contributed by atoms with Crippen molar-refractivity contribution in [3.05, 3.63) is 23.8 Å². The summed E-state index contributed by atoms with van der Waals surface area (Å²) in [5, 5.41) is 9.59. The van der Waals surface area contributed by atoms with Crippen LogP contribution in [-0.4, -0.2) is 37.1 Å². The maximum atomic E-state index is 11.1. The van der Waals surface area contributed by atoms with Crippen LogP contribution in [0.2, 0.25) is 0 Å². The fourth-order valence-corrected chi connectivity index (χ4v) is 1.75. The zero-order chi connectivity index (χ0) is 13.1. The summed E-state index contributed by atoms with van der Waals surface area (Å²) in [7, 11) is 1.21. The van der Waals surface area contributed by atoms with Crippen molar-refractivity contribution in [1.29, 1.82) is 0 Å². The minimum Gasteiger partial charge on any atom is -0.467 e. The lowest BCUT2D eigenvalue weighted by Crippen LogP contribution is -2.42. The zero-order valence-electron chi connectivity index (χ0n) is 9.96. The Morgan fingerprint density at radius 2 is 2.22 bits per heavy atom. The molecule has 6 nitrogen and oxygen atoms in total. The van der Waals surface area contributed by atoms with E-state index in [9.17, 15) is 9.90 Å². The topological polar surface area (TPSA) is 91.0 Å². The first kappa shape index (κ1) is 12.7. The molecule has 0 spiro atoms. The van der Waals surface area contributed by atoms with Gasteiger partial charge in [0.05, 0.1) is 7.11 Å². The molecule has 0 aliphatic carbocycles. The van der Waals surface area contributed by atoms with Gasteiger partial charge in [-0.15, -0.1) is 0 Å². The van der Waals surface area contributed by atoms with Crippen LogP contribution in [-0.2, 0) is 16.0 Å². The number of hydrogen-bond acceptors (Lipinski definition) is 6. The molecule has 1 aromatic rings. The van der Waals surface area contributed by atoms with Gasteiger partial charge < -0.3 is 25.1 Å². The largest absolute Gasteiger partial charge is 0.467 e. The lowest BCUT2D eigenvalue weighted by atomic mass is 10.0. The van der Waals surface area contributed by atoms with Gasteiger partial charge in [0, 0.05) is 6.04 Å². The number of carbonyl (C=O) groups excluding carboxylic acids is 1. The first-order valence-electron chi connectivity index (χ1n) is 5.52. The van der Waals surface area contributed by atoms with Gasteiger partial charge >= 0.3 is 5.97 Å². The molecule has 2 unspecified atom stereocenters. The number of hydrogen-bond donors (Lipinski definition) is 2. The number of aliphatic hydroxyl groups is 1. The van der Waals surface area contributed by atoms with Crippen molar-refractivity contribution < 1.29 is 24.1 Å². The lowest BCUT2D eigenvalue weighted by Gasteiger charge is -2.16. The number of carbonyl (C=O) groups is 1. The summed E-state index contributed by atoms with van der Waals surface area (Å²) in [6.45, 7) is 0.204. The SMILES string of the molecule is COC(=O)C(O)C(N)Cc1ccc2c(c1)OCO2. The van der Waals surface area contributed by atoms with E-state index in [0.29, 0.717) is 17.9 Å². The molecule has 0 saturated heterocycles. The molecule has 0 radical (unpaired) electrons. The fraction of sp³-hybridized carbons (Fsp3) is 0.417. The van der Waals surface area contributed by atoms with Crippen molar-refractivity contribution in [2.45, 2.75) is 18.6 Å². The second kappa shape index (κ2) is 5.24. The van der Waals surface area contributed by atoms with Crippen LogP contribution in [0.25, 0.3) is 0 Å². The Balaban J connectivity index is 2.03. The number of benzene rings is 1. The molecule has 0 bridgehead atoms. The van der Waals surface area contributed by atoms with Crippen molar-refractivity contribution in [3.63, 3.8) is 0 Å². The minimum absolute atomic E-state index is 0.204. The first-order valence-corrected chi connectivity index (χ1v) is 5.52. The Morgan fingerprint density at radius 1 is 1.50 bits per heavy atom. The third-order valence-corrected chi connectivity index (χ3v) is 2.76. The van der Waals surface area contributed by atoms with E-state index in [1.54, 1.807) is 12.1 Å². The summed E-state index contributed by atoms with van der Waals surface area (Å²) in [6.07, 6.45) is -0.993. The van der Waals surface area contributed by atoms with Gasteiger partial charge in [0.2, 0.25) is 6.79 Å². The van der Waals surface area contributed by atoms with Gasteiger partial charge in [0.25, 0.3) is 0 Å². The van der Waals surface area contributed by atoms with E-state index in [4.69, 9.17) is 15.2 Å². The number of rotatable bonds is 4. The van der Waals surface area contributed by atoms with Crippen LogP contribution in [0, 0.1) is 0 Å². The molecule has 0 amide bonds. The standard InChI is InChI=1S/C12H15NO5/c1-16-12(15)11(14)8(13)4-7-2-3-9-10(5-7)18-6-17-9/h2-3,5,8,11,14H,4,6,13H2,1H3. The van der Waals surface area contributed by atoms with Crippen molar-refractivity contribution in [2.75, 3.05) is 13.9 Å². The summed E-state index contributed by atoms with van der Waals surface area (Å²) < 4.78 is 14.8. The van der Waals surface area contributed by atoms with E-state index in [2.05, 4.69) is 4.74 Å². The summed E-state index contributed by atoms with van der Waals surface area (Å²) >= 11 is 0. The van der Waals surface area contributed by atoms with Crippen molar-refractivity contribution in [2.24, 2.45) is 5.73 Å². The first-order chi connectivity index (χ1) is 8.61. The van der Waals surface area contributed by atoms with E-state index in [0.717, 1.165) is 5.56 Å². The molecule has 1 heterocycles. The molecule has 1 aromatic carbocycles. The molecule has 6 heteroatoms. The summed E-state index contributed by atoms with van der Waals surface area (Å²) in [5.74, 6) is 0.594. The predicted molar refractivity (Wildman–Crippen MR) is 62.3 cm³/mol. The molecule has 18 heavy (non-hydrogen) atoms. The van der Waals surface area contributed by atoms with Crippen LogP contribution in [0.1, 0.15) is 5.56 Å². The lowest BCUT2D eigenvalue weighted by molar-refractivity contribution is -0.151. The van der Waals surface area contributed by atoms with Gasteiger partial charge in [-0.05, 0) is 24.1 Å². The van der Waals surface area contributed by atoms with Crippen LogP contribution in [0.5, 0.6) is 11.5 Å². The number of nitrogens with two attached hydrogens (primary N) is 1. The molecular formula is C12H15NO5. The minimum atomic E-state index is -1.33. The summed E-state index contributed by atoms with van der Waals surface area (Å²) in [4.78, 5) is 11.1. The number of esters is 1. The van der Waals surface area contributed by atoms with Crippen LogP contribution in [0.4, 0.5) is 0 Å². The van der Waals surface area contributed by atoms with E-state index in [1.165, 1.54) is 7.11 Å². The zero-order valence-corrected chi connectivity index (χ0v) is 9.96. The van der Waals surface area contributed by atoms with Crippen LogP contribution in [0.15, 0.2) is 18.2 Å². The maximum Gasteiger partial charge on any atom is 0.336 e. The van der Waals surface area contributed by atoms with E-state index in [-0.39, 0.29) is 6.79 Å². The second-order valence-electron chi connectivity index (χ2n) is 4.02. The van der Waals surface area contributed by atoms with E-state index >= 15 is 0 Å². The molecule has 2 rings (SSSR count). The highest BCUT2D eigenvalue weighted by Crippen LogP contribution is 2.32. The normalized spacial score (nSPS) is 16.2. The number of aliphatic hydroxyl groups excluding tert-OH is 1. The Kier molecular flexibility index (Phi) is 3.69. The number of methoxy groups -OCH3 is 1. The molecule has 2 atom stereocenters. The Labute approximate surface area is 104 Å². The molecule has 98 valence electrons. The van der Waals surface area contributed by atoms with Crippen molar-refractivity contribution >= 4 is 5.97 Å². The quantitative estimate of drug-likeness (QED) is 0.723. The van der Waals surface area contributed by atoms with Gasteiger partial charge in [-0.3, -0.25) is 0 Å². The van der Waals surface area contributed by atoms with Crippen LogP contribution >= 0.6 is 0 Å². The third kappa shape index (κ3) is 2.55. The Bertz CT molecular complexity index is 448. The third-order valence-electron chi connectivity index (χ3n) is 2.76. The molecule has 3 N–H and O–H groups in total. The van der Waals surface area contributed by atoms with Gasteiger partial charge in [0.15, 0.2) is 17.6 Å². The van der Waals surface area contributed by atoms with Gasteiger partial charge in [-0.1, -0.05) is 6.07 Å². The van der Waals surface area contributed by atoms with E-state index in [1.807, 2.05) is 6.07 Å². The van der Waals surface area contributed by atoms with E-state index < -0.39 is 18.1 Å². The fourth-order valence-electron chi connectivity index (χ4n) is 1.75. The molecule has 0 saturated carbocycles. The maximum absolute atomic E-state index is 11.1. The summed E-state index contributed by atoms with van der Waals surface area (Å²) in [6, 6.07) is 4.65. The molecule has 0 aromatic heterocycles. The molecule has 1 aliphatic heterocycles. The van der Waals surface area contributed by atoms with Crippen LogP contribution in [0.3, 0.4) is 0 Å². The summed E-state index contributed by atoms with van der Waals surface area (Å²) in [5.41, 5.74) is 6.60. The average Bonchev–Trinajstić information content (AvgIpc) is 2.84. The molecule has 0 fully saturated rings. The molecule has 1 aliphatic rings. The van der Waals surface area contributed by atoms with Crippen LogP contribution < -0.4 is 15.2 Å². The van der Waals surface area contributed by atoms with Gasteiger partial charge in [0.1, 0.15) is 0 Å². The number of fused-ring (bicyclic) bond motifs is 1. The van der Waals surface area contributed by atoms with Gasteiger partial charge in [-0.2, -0.15) is 0 Å². The Morgan fingerprint density at radius 3 is 2.94 bits per heavy atom. The number of ether oxygens (including phenoxy) is 3. The second-order valence-corrected chi connectivity index (χ2v) is 4.02. The highest BCUT2D eigenvalue weighted by Gasteiger charge is 2.24. The van der Waals surface area contributed by atoms with Gasteiger partial charge in [-0.25, -0.2) is 4.79 Å². The smallest absolute Gasteiger partial charge is 0.336 e. The highest BCUT2D eigenvalue weighted by atomic mass is 16.7. The monoisotopic (exact) mass is 253 g/mol. The Hall–Kier alpha value is -1.79. The molecular weight excluding hydrogens is 238 g/mol. The van der Waals surface area contributed by atoms with Crippen molar-refractivity contribution in [3.8, 4) is 11.5 Å². The average molecular weight is 253 g/mol. The van der Waals surface area contributed by atoms with Crippen molar-refractivity contribution in [1.82, 2.24) is 0 Å².